The van der Waals surface area contributed by atoms with Crippen LogP contribution < -0.4 is 10.6 Å². The maximum absolute atomic E-state index is 11.6. The number of esters is 1. The Kier molecular flexibility index (Phi) is 4.34. The van der Waals surface area contributed by atoms with Gasteiger partial charge in [-0.25, -0.2) is 4.79 Å². The number of rotatable bonds is 5. The minimum absolute atomic E-state index is 0.209. The van der Waals surface area contributed by atoms with Crippen LogP contribution in [-0.4, -0.2) is 24.5 Å². The van der Waals surface area contributed by atoms with E-state index in [2.05, 4.69) is 10.6 Å². The third kappa shape index (κ3) is 3.92. The van der Waals surface area contributed by atoms with E-state index in [9.17, 15) is 9.59 Å². The van der Waals surface area contributed by atoms with E-state index < -0.39 is 5.97 Å². The third-order valence-electron chi connectivity index (χ3n) is 2.15. The molecule has 1 saturated carbocycles. The topological polar surface area (TPSA) is 67.4 Å². The standard InChI is InChI=1S/C11H18N2O3/c1-4-16-11(15)10(13-8(3)14)7(2)12-9-5-6-9/h9,12H,4-6H2,1-3H3,(H,13,14). The van der Waals surface area contributed by atoms with E-state index in [1.54, 1.807) is 13.8 Å². The highest BCUT2D eigenvalue weighted by Gasteiger charge is 2.24. The molecule has 90 valence electrons. The molecule has 0 heterocycles. The molecule has 0 aromatic heterocycles. The van der Waals surface area contributed by atoms with Crippen LogP contribution in [0.2, 0.25) is 0 Å². The van der Waals surface area contributed by atoms with E-state index in [0.29, 0.717) is 18.3 Å². The van der Waals surface area contributed by atoms with Crippen LogP contribution in [-0.2, 0) is 14.3 Å². The first-order valence-corrected chi connectivity index (χ1v) is 5.46. The number of hydrogen-bond donors (Lipinski definition) is 2. The van der Waals surface area contributed by atoms with Crippen molar-refractivity contribution in [2.45, 2.75) is 39.7 Å². The zero-order chi connectivity index (χ0) is 12.1. The van der Waals surface area contributed by atoms with Gasteiger partial charge in [-0.2, -0.15) is 0 Å². The highest BCUT2D eigenvalue weighted by atomic mass is 16.5. The predicted molar refractivity (Wildman–Crippen MR) is 59.3 cm³/mol. The fourth-order valence-electron chi connectivity index (χ4n) is 1.28. The zero-order valence-electron chi connectivity index (χ0n) is 9.92. The Hall–Kier alpha value is -1.52. The lowest BCUT2D eigenvalue weighted by atomic mass is 10.3. The minimum atomic E-state index is -0.497. The Morgan fingerprint density at radius 3 is 2.38 bits per heavy atom. The zero-order valence-corrected chi connectivity index (χ0v) is 9.92. The smallest absolute Gasteiger partial charge is 0.356 e. The van der Waals surface area contributed by atoms with Crippen LogP contribution in [0, 0.1) is 0 Å². The Labute approximate surface area is 95.2 Å². The van der Waals surface area contributed by atoms with Crippen molar-refractivity contribution in [1.29, 1.82) is 0 Å². The van der Waals surface area contributed by atoms with Crippen LogP contribution >= 0.6 is 0 Å². The third-order valence-corrected chi connectivity index (χ3v) is 2.15. The molecule has 5 heteroatoms. The summed E-state index contributed by atoms with van der Waals surface area (Å²) in [5.74, 6) is -0.775. The normalized spacial score (nSPS) is 16.2. The largest absolute Gasteiger partial charge is 0.461 e. The van der Waals surface area contributed by atoms with Gasteiger partial charge in [-0.05, 0) is 26.7 Å². The maximum Gasteiger partial charge on any atom is 0.356 e. The number of carbonyl (C=O) groups is 2. The van der Waals surface area contributed by atoms with Crippen molar-refractivity contribution < 1.29 is 14.3 Å². The van der Waals surface area contributed by atoms with Gasteiger partial charge in [0, 0.05) is 18.7 Å². The molecule has 1 fully saturated rings. The first-order valence-electron chi connectivity index (χ1n) is 5.46. The fraction of sp³-hybridized carbons (Fsp3) is 0.636. The quantitative estimate of drug-likeness (QED) is 0.534. The molecular formula is C11H18N2O3. The van der Waals surface area contributed by atoms with Crippen LogP contribution in [0.4, 0.5) is 0 Å². The summed E-state index contributed by atoms with van der Waals surface area (Å²) in [6.45, 7) is 5.15. The van der Waals surface area contributed by atoms with Gasteiger partial charge in [-0.15, -0.1) is 0 Å². The number of allylic oxidation sites excluding steroid dienone is 1. The summed E-state index contributed by atoms with van der Waals surface area (Å²) < 4.78 is 4.88. The predicted octanol–water partition coefficient (Wildman–Crippen LogP) is 0.669. The maximum atomic E-state index is 11.6. The van der Waals surface area contributed by atoms with Gasteiger partial charge >= 0.3 is 5.97 Å². The van der Waals surface area contributed by atoms with E-state index in [0.717, 1.165) is 12.8 Å². The van der Waals surface area contributed by atoms with Crippen LogP contribution in [0.3, 0.4) is 0 Å². The van der Waals surface area contributed by atoms with Gasteiger partial charge in [0.1, 0.15) is 5.70 Å². The molecule has 1 rings (SSSR count). The first kappa shape index (κ1) is 12.5. The molecule has 0 unspecified atom stereocenters. The second-order valence-electron chi connectivity index (χ2n) is 3.82. The monoisotopic (exact) mass is 226 g/mol. The highest BCUT2D eigenvalue weighted by molar-refractivity contribution is 5.93. The van der Waals surface area contributed by atoms with Crippen LogP contribution in [0.5, 0.6) is 0 Å². The van der Waals surface area contributed by atoms with Crippen molar-refractivity contribution in [3.63, 3.8) is 0 Å². The molecule has 1 amide bonds. The molecule has 1 aliphatic carbocycles. The van der Waals surface area contributed by atoms with Gasteiger partial charge in [-0.1, -0.05) is 0 Å². The van der Waals surface area contributed by atoms with Gasteiger partial charge in [0.2, 0.25) is 5.91 Å². The fourth-order valence-corrected chi connectivity index (χ4v) is 1.28. The molecule has 0 aliphatic heterocycles. The summed E-state index contributed by atoms with van der Waals surface area (Å²) in [5.41, 5.74) is 0.873. The summed E-state index contributed by atoms with van der Waals surface area (Å²) in [6.07, 6.45) is 2.21. The molecule has 0 spiro atoms. The van der Waals surface area contributed by atoms with Crippen LogP contribution in [0.15, 0.2) is 11.4 Å². The Bertz CT molecular complexity index is 319. The van der Waals surface area contributed by atoms with E-state index in [1.165, 1.54) is 6.92 Å². The molecule has 0 aromatic carbocycles. The van der Waals surface area contributed by atoms with Gasteiger partial charge in [-0.3, -0.25) is 4.79 Å². The van der Waals surface area contributed by atoms with Crippen molar-refractivity contribution in [3.8, 4) is 0 Å². The summed E-state index contributed by atoms with van der Waals surface area (Å²) >= 11 is 0. The molecule has 16 heavy (non-hydrogen) atoms. The van der Waals surface area contributed by atoms with Crippen molar-refractivity contribution in [2.75, 3.05) is 6.61 Å². The van der Waals surface area contributed by atoms with Crippen LogP contribution in [0.1, 0.15) is 33.6 Å². The second-order valence-corrected chi connectivity index (χ2v) is 3.82. The van der Waals surface area contributed by atoms with Crippen molar-refractivity contribution in [2.24, 2.45) is 0 Å². The lowest BCUT2D eigenvalue weighted by Gasteiger charge is -2.12. The molecule has 0 atom stereocenters. The second kappa shape index (κ2) is 5.53. The molecule has 0 saturated heterocycles. The lowest BCUT2D eigenvalue weighted by Crippen LogP contribution is -2.31. The van der Waals surface area contributed by atoms with E-state index in [-0.39, 0.29) is 11.6 Å². The molecule has 0 bridgehead atoms. The minimum Gasteiger partial charge on any atom is -0.461 e. The lowest BCUT2D eigenvalue weighted by molar-refractivity contribution is -0.140. The van der Waals surface area contributed by atoms with E-state index in [4.69, 9.17) is 4.74 Å². The number of hydrogen-bond acceptors (Lipinski definition) is 4. The average Bonchev–Trinajstić information content (AvgIpc) is 2.97. The van der Waals surface area contributed by atoms with Crippen molar-refractivity contribution >= 4 is 11.9 Å². The molecular weight excluding hydrogens is 208 g/mol. The summed E-state index contributed by atoms with van der Waals surface area (Å²) in [7, 11) is 0. The number of ether oxygens (including phenoxy) is 1. The SMILES string of the molecule is CCOC(=O)C(NC(C)=O)=C(C)NC1CC1. The Morgan fingerprint density at radius 2 is 1.94 bits per heavy atom. The summed E-state index contributed by atoms with van der Waals surface area (Å²) in [4.78, 5) is 22.6. The highest BCUT2D eigenvalue weighted by Crippen LogP contribution is 2.20. The summed E-state index contributed by atoms with van der Waals surface area (Å²) in [5, 5.41) is 5.66. The van der Waals surface area contributed by atoms with Crippen molar-refractivity contribution in [1.82, 2.24) is 10.6 Å². The van der Waals surface area contributed by atoms with Crippen molar-refractivity contribution in [3.05, 3.63) is 11.4 Å². The molecule has 1 aliphatic rings. The number of nitrogens with one attached hydrogen (secondary N) is 2. The number of amides is 1. The first-order chi connectivity index (χ1) is 7.54. The summed E-state index contributed by atoms with van der Waals surface area (Å²) in [6, 6.07) is 0.429. The molecule has 5 nitrogen and oxygen atoms in total. The Morgan fingerprint density at radius 1 is 1.31 bits per heavy atom. The molecule has 2 N–H and O–H groups in total. The Balaban J connectivity index is 2.73. The molecule has 0 radical (unpaired) electrons. The number of carbonyl (C=O) groups excluding carboxylic acids is 2. The van der Waals surface area contributed by atoms with Crippen LogP contribution in [0.25, 0.3) is 0 Å². The van der Waals surface area contributed by atoms with Gasteiger partial charge in [0.15, 0.2) is 0 Å². The van der Waals surface area contributed by atoms with E-state index >= 15 is 0 Å². The van der Waals surface area contributed by atoms with Gasteiger partial charge in [0.05, 0.1) is 6.61 Å². The average molecular weight is 226 g/mol. The molecule has 0 aromatic rings. The van der Waals surface area contributed by atoms with Gasteiger partial charge < -0.3 is 15.4 Å². The van der Waals surface area contributed by atoms with E-state index in [1.807, 2.05) is 0 Å². The van der Waals surface area contributed by atoms with Gasteiger partial charge in [0.25, 0.3) is 0 Å².